The normalized spacial score (nSPS) is 22.3. The summed E-state index contributed by atoms with van der Waals surface area (Å²) in [5.41, 5.74) is 5.51. The molecule has 1 aromatic heterocycles. The Kier molecular flexibility index (Phi) is 3.41. The third-order valence-corrected chi connectivity index (χ3v) is 4.65. The Bertz CT molecular complexity index is 619. The Balaban J connectivity index is 2.46. The summed E-state index contributed by atoms with van der Waals surface area (Å²) in [5.74, 6) is -0.376. The number of rotatable bonds is 4. The molecule has 1 aliphatic carbocycles. The second-order valence-electron chi connectivity index (χ2n) is 4.54. The maximum Gasteiger partial charge on any atom is 0.342 e. The van der Waals surface area contributed by atoms with Crippen molar-refractivity contribution in [2.75, 3.05) is 7.11 Å². The van der Waals surface area contributed by atoms with E-state index in [-0.39, 0.29) is 34.1 Å². The summed E-state index contributed by atoms with van der Waals surface area (Å²) in [6, 6.07) is -0.463. The maximum atomic E-state index is 12.3. The molecule has 3 N–H and O–H groups in total. The van der Waals surface area contributed by atoms with Crippen LogP contribution in [-0.2, 0) is 14.8 Å². The van der Waals surface area contributed by atoms with Crippen LogP contribution in [0.25, 0.3) is 0 Å². The quantitative estimate of drug-likeness (QED) is 0.758. The Morgan fingerprint density at radius 1 is 1.42 bits per heavy atom. The summed E-state index contributed by atoms with van der Waals surface area (Å²) in [7, 11) is -2.66. The fourth-order valence-electron chi connectivity index (χ4n) is 1.93. The summed E-state index contributed by atoms with van der Waals surface area (Å²) in [5, 5.41) is 0. The van der Waals surface area contributed by atoms with Gasteiger partial charge in [0.05, 0.1) is 7.11 Å². The zero-order valence-corrected chi connectivity index (χ0v) is 11.7. The van der Waals surface area contributed by atoms with Gasteiger partial charge in [0.25, 0.3) is 0 Å². The molecule has 2 rings (SSSR count). The average Bonchev–Trinajstić information content (AvgIpc) is 2.87. The van der Waals surface area contributed by atoms with E-state index in [4.69, 9.17) is 10.2 Å². The Morgan fingerprint density at radius 3 is 2.47 bits per heavy atom. The van der Waals surface area contributed by atoms with Gasteiger partial charge in [-0.05, 0) is 20.3 Å². The third kappa shape index (κ3) is 2.51. The standard InChI is InChI=1S/C11H16N2O5S/c1-5-9(11(14)17-3)10(6(2)18-5)19(15,16)13-8-4-7(8)12/h7-8,13H,4,12H2,1-3H3. The van der Waals surface area contributed by atoms with E-state index in [1.54, 1.807) is 0 Å². The van der Waals surface area contributed by atoms with Crippen LogP contribution in [0.2, 0.25) is 0 Å². The smallest absolute Gasteiger partial charge is 0.342 e. The van der Waals surface area contributed by atoms with Crippen molar-refractivity contribution in [3.63, 3.8) is 0 Å². The molecule has 1 aromatic rings. The summed E-state index contributed by atoms with van der Waals surface area (Å²) >= 11 is 0. The lowest BCUT2D eigenvalue weighted by atomic mass is 10.2. The van der Waals surface area contributed by atoms with Gasteiger partial charge in [0.2, 0.25) is 10.0 Å². The van der Waals surface area contributed by atoms with Gasteiger partial charge in [-0.2, -0.15) is 0 Å². The van der Waals surface area contributed by atoms with Gasteiger partial charge in [0, 0.05) is 12.1 Å². The number of carbonyl (C=O) groups is 1. The van der Waals surface area contributed by atoms with Crippen LogP contribution in [0.1, 0.15) is 28.3 Å². The number of hydrogen-bond donors (Lipinski definition) is 2. The monoisotopic (exact) mass is 288 g/mol. The molecule has 106 valence electrons. The van der Waals surface area contributed by atoms with Crippen molar-refractivity contribution in [1.82, 2.24) is 4.72 Å². The molecule has 1 saturated carbocycles. The third-order valence-electron chi connectivity index (χ3n) is 3.01. The second-order valence-corrected chi connectivity index (χ2v) is 6.19. The van der Waals surface area contributed by atoms with Crippen molar-refractivity contribution in [1.29, 1.82) is 0 Å². The summed E-state index contributed by atoms with van der Waals surface area (Å²) in [6.07, 6.45) is 0.586. The van der Waals surface area contributed by atoms with Gasteiger partial charge in [0.1, 0.15) is 22.0 Å². The minimum Gasteiger partial charge on any atom is -0.465 e. The Morgan fingerprint density at radius 2 is 2.00 bits per heavy atom. The van der Waals surface area contributed by atoms with Crippen LogP contribution in [0.5, 0.6) is 0 Å². The molecule has 2 unspecified atom stereocenters. The van der Waals surface area contributed by atoms with Crippen molar-refractivity contribution >= 4 is 16.0 Å². The number of nitrogens with two attached hydrogens (primary N) is 1. The van der Waals surface area contributed by atoms with E-state index in [0.717, 1.165) is 0 Å². The number of carbonyl (C=O) groups excluding carboxylic acids is 1. The highest BCUT2D eigenvalue weighted by molar-refractivity contribution is 7.89. The van der Waals surface area contributed by atoms with Gasteiger partial charge in [0.15, 0.2) is 0 Å². The Labute approximate surface area is 111 Å². The zero-order valence-electron chi connectivity index (χ0n) is 10.9. The first kappa shape index (κ1) is 14.0. The SMILES string of the molecule is COC(=O)c1c(C)oc(C)c1S(=O)(=O)NC1CC1N. The minimum absolute atomic E-state index is 0.0679. The number of hydrogen-bond acceptors (Lipinski definition) is 6. The number of esters is 1. The number of aryl methyl sites for hydroxylation is 2. The van der Waals surface area contributed by atoms with Gasteiger partial charge >= 0.3 is 5.97 Å². The second kappa shape index (κ2) is 4.62. The molecule has 8 heteroatoms. The first-order valence-electron chi connectivity index (χ1n) is 5.74. The molecule has 0 bridgehead atoms. The van der Waals surface area contributed by atoms with Crippen LogP contribution in [0.3, 0.4) is 0 Å². The molecular weight excluding hydrogens is 272 g/mol. The maximum absolute atomic E-state index is 12.3. The summed E-state index contributed by atoms with van der Waals surface area (Å²) < 4.78 is 36.8. The number of methoxy groups -OCH3 is 1. The Hall–Kier alpha value is -1.38. The minimum atomic E-state index is -3.85. The van der Waals surface area contributed by atoms with Crippen molar-refractivity contribution < 1.29 is 22.4 Å². The van der Waals surface area contributed by atoms with Gasteiger partial charge in [-0.1, -0.05) is 0 Å². The molecule has 1 aliphatic rings. The fourth-order valence-corrected chi connectivity index (χ4v) is 3.64. The summed E-state index contributed by atoms with van der Waals surface area (Å²) in [6.45, 7) is 3.00. The fraction of sp³-hybridized carbons (Fsp3) is 0.545. The lowest BCUT2D eigenvalue weighted by Crippen LogP contribution is -2.31. The van der Waals surface area contributed by atoms with Gasteiger partial charge < -0.3 is 14.9 Å². The highest BCUT2D eigenvalue weighted by atomic mass is 32.2. The van der Waals surface area contributed by atoms with Crippen molar-refractivity contribution in [2.45, 2.75) is 37.2 Å². The van der Waals surface area contributed by atoms with E-state index in [9.17, 15) is 13.2 Å². The first-order valence-corrected chi connectivity index (χ1v) is 7.22. The number of sulfonamides is 1. The van der Waals surface area contributed by atoms with E-state index in [1.165, 1.54) is 21.0 Å². The lowest BCUT2D eigenvalue weighted by Gasteiger charge is -2.06. The zero-order chi connectivity index (χ0) is 14.4. The predicted molar refractivity (Wildman–Crippen MR) is 66.2 cm³/mol. The van der Waals surface area contributed by atoms with Crippen molar-refractivity contribution in [2.24, 2.45) is 5.73 Å². The molecular formula is C11H16N2O5S. The first-order chi connectivity index (χ1) is 8.77. The average molecular weight is 288 g/mol. The van der Waals surface area contributed by atoms with E-state index in [0.29, 0.717) is 6.42 Å². The van der Waals surface area contributed by atoms with Crippen LogP contribution in [-0.4, -0.2) is 33.6 Å². The van der Waals surface area contributed by atoms with E-state index >= 15 is 0 Å². The van der Waals surface area contributed by atoms with Crippen LogP contribution < -0.4 is 10.5 Å². The van der Waals surface area contributed by atoms with Crippen LogP contribution >= 0.6 is 0 Å². The number of furan rings is 1. The van der Waals surface area contributed by atoms with Crippen molar-refractivity contribution in [3.05, 3.63) is 17.1 Å². The molecule has 1 fully saturated rings. The molecule has 0 saturated heterocycles. The largest absolute Gasteiger partial charge is 0.465 e. The van der Waals surface area contributed by atoms with E-state index in [1.807, 2.05) is 0 Å². The highest BCUT2D eigenvalue weighted by Gasteiger charge is 2.40. The van der Waals surface area contributed by atoms with Crippen LogP contribution in [0, 0.1) is 13.8 Å². The van der Waals surface area contributed by atoms with Crippen molar-refractivity contribution in [3.8, 4) is 0 Å². The molecule has 0 aromatic carbocycles. The van der Waals surface area contributed by atoms with Gasteiger partial charge in [-0.15, -0.1) is 0 Å². The van der Waals surface area contributed by atoms with Gasteiger partial charge in [-0.3, -0.25) is 0 Å². The topological polar surface area (TPSA) is 112 Å². The van der Waals surface area contributed by atoms with E-state index in [2.05, 4.69) is 9.46 Å². The molecule has 0 radical (unpaired) electrons. The molecule has 19 heavy (non-hydrogen) atoms. The summed E-state index contributed by atoms with van der Waals surface area (Å²) in [4.78, 5) is 11.5. The van der Waals surface area contributed by atoms with Gasteiger partial charge in [-0.25, -0.2) is 17.9 Å². The molecule has 2 atom stereocenters. The highest BCUT2D eigenvalue weighted by Crippen LogP contribution is 2.29. The molecule has 0 spiro atoms. The number of ether oxygens (including phenoxy) is 1. The van der Waals surface area contributed by atoms with Crippen LogP contribution in [0.15, 0.2) is 9.31 Å². The predicted octanol–water partition coefficient (Wildman–Crippen LogP) is 0.0609. The molecule has 7 nitrogen and oxygen atoms in total. The molecule has 0 amide bonds. The molecule has 0 aliphatic heterocycles. The molecule has 1 heterocycles. The van der Waals surface area contributed by atoms with Crippen LogP contribution in [0.4, 0.5) is 0 Å². The lowest BCUT2D eigenvalue weighted by molar-refractivity contribution is 0.0595. The van der Waals surface area contributed by atoms with E-state index < -0.39 is 16.0 Å². The number of nitrogens with one attached hydrogen (secondary N) is 1.